The molecular weight excluding hydrogens is 442 g/mol. The van der Waals surface area contributed by atoms with Crippen LogP contribution in [-0.2, 0) is 25.7 Å². The first-order valence-corrected chi connectivity index (χ1v) is 11.5. The smallest absolute Gasteiger partial charge is 0.326 e. The molecular formula is C24H31N3O7. The molecule has 34 heavy (non-hydrogen) atoms. The van der Waals surface area contributed by atoms with Crippen LogP contribution in [0.15, 0.2) is 18.2 Å². The molecule has 3 aliphatic rings. The van der Waals surface area contributed by atoms with Gasteiger partial charge in [-0.15, -0.1) is 0 Å². The summed E-state index contributed by atoms with van der Waals surface area (Å²) < 4.78 is 15.5. The van der Waals surface area contributed by atoms with E-state index in [0.717, 1.165) is 23.3 Å². The van der Waals surface area contributed by atoms with E-state index in [1.54, 1.807) is 18.2 Å². The monoisotopic (exact) mass is 473 g/mol. The molecule has 2 N–H and O–H groups in total. The maximum Gasteiger partial charge on any atom is 0.326 e. The van der Waals surface area contributed by atoms with Gasteiger partial charge in [0.05, 0.1) is 0 Å². The van der Waals surface area contributed by atoms with Gasteiger partial charge in [0.2, 0.25) is 6.79 Å². The molecule has 2 heterocycles. The van der Waals surface area contributed by atoms with Gasteiger partial charge in [0, 0.05) is 6.54 Å². The van der Waals surface area contributed by atoms with Crippen molar-refractivity contribution in [3.8, 4) is 11.5 Å². The molecule has 0 radical (unpaired) electrons. The average molecular weight is 474 g/mol. The molecule has 1 aromatic carbocycles. The minimum Gasteiger partial charge on any atom is -0.454 e. The first-order chi connectivity index (χ1) is 16.1. The Balaban J connectivity index is 1.22. The zero-order valence-corrected chi connectivity index (χ0v) is 19.8. The van der Waals surface area contributed by atoms with Gasteiger partial charge >= 0.3 is 12.0 Å². The van der Waals surface area contributed by atoms with Crippen molar-refractivity contribution in [3.63, 3.8) is 0 Å². The van der Waals surface area contributed by atoms with Crippen molar-refractivity contribution in [1.82, 2.24) is 15.5 Å². The number of amides is 4. The third-order valence-electron chi connectivity index (χ3n) is 6.89. The van der Waals surface area contributed by atoms with E-state index in [2.05, 4.69) is 31.4 Å². The lowest BCUT2D eigenvalue weighted by atomic mass is 9.67. The summed E-state index contributed by atoms with van der Waals surface area (Å²) in [5.41, 5.74) is -0.00371. The Kier molecular flexibility index (Phi) is 6.42. The van der Waals surface area contributed by atoms with Crippen LogP contribution in [0.3, 0.4) is 0 Å². The number of hydrogen-bond acceptors (Lipinski definition) is 7. The van der Waals surface area contributed by atoms with Crippen LogP contribution in [-0.4, -0.2) is 54.2 Å². The lowest BCUT2D eigenvalue weighted by Crippen LogP contribution is -2.50. The summed E-state index contributed by atoms with van der Waals surface area (Å²) in [6, 6.07) is 4.71. The predicted molar refractivity (Wildman–Crippen MR) is 120 cm³/mol. The molecule has 1 saturated carbocycles. The van der Waals surface area contributed by atoms with Crippen LogP contribution in [0.4, 0.5) is 4.79 Å². The lowest BCUT2D eigenvalue weighted by molar-refractivity contribution is -0.151. The second kappa shape index (κ2) is 9.15. The van der Waals surface area contributed by atoms with E-state index in [1.807, 2.05) is 0 Å². The highest BCUT2D eigenvalue weighted by atomic mass is 16.7. The summed E-state index contributed by atoms with van der Waals surface area (Å²) in [5, 5.41) is 5.45. The van der Waals surface area contributed by atoms with Crippen LogP contribution >= 0.6 is 0 Å². The molecule has 0 atom stereocenters. The van der Waals surface area contributed by atoms with Crippen molar-refractivity contribution < 1.29 is 33.4 Å². The number of esters is 1. The van der Waals surface area contributed by atoms with Crippen LogP contribution in [0.2, 0.25) is 0 Å². The Morgan fingerprint density at radius 3 is 2.59 bits per heavy atom. The fourth-order valence-electron chi connectivity index (χ4n) is 4.76. The Morgan fingerprint density at radius 2 is 1.88 bits per heavy atom. The fraction of sp³-hybridized carbons (Fsp3) is 0.583. The lowest BCUT2D eigenvalue weighted by Gasteiger charge is -2.40. The van der Waals surface area contributed by atoms with Gasteiger partial charge in [-0.1, -0.05) is 26.8 Å². The van der Waals surface area contributed by atoms with Gasteiger partial charge in [-0.3, -0.25) is 19.3 Å². The Bertz CT molecular complexity index is 993. The normalized spacial score (nSPS) is 23.7. The van der Waals surface area contributed by atoms with Gasteiger partial charge in [-0.2, -0.15) is 0 Å². The molecule has 2 fully saturated rings. The molecule has 10 heteroatoms. The standard InChI is InChI=1S/C24H31N3O7/c1-23(2,3)16-6-8-24(9-7-16)21(30)27(22(31)26-24)12-20(29)32-13-19(28)25-11-15-4-5-17-18(10-15)34-14-33-17/h4-5,10,16H,6-9,11-14H2,1-3H3,(H,25,28)(H,26,31). The van der Waals surface area contributed by atoms with Crippen LogP contribution in [0.1, 0.15) is 52.0 Å². The first-order valence-electron chi connectivity index (χ1n) is 11.5. The quantitative estimate of drug-likeness (QED) is 0.479. The number of nitrogens with zero attached hydrogens (tertiary/aromatic N) is 1. The Labute approximate surface area is 198 Å². The number of imide groups is 1. The van der Waals surface area contributed by atoms with Gasteiger partial charge in [0.1, 0.15) is 12.1 Å². The predicted octanol–water partition coefficient (Wildman–Crippen LogP) is 2.10. The van der Waals surface area contributed by atoms with Crippen LogP contribution in [0, 0.1) is 11.3 Å². The number of carbonyl (C=O) groups is 4. The van der Waals surface area contributed by atoms with Crippen molar-refractivity contribution in [3.05, 3.63) is 23.8 Å². The Hall–Kier alpha value is -3.30. The third-order valence-corrected chi connectivity index (χ3v) is 6.89. The van der Waals surface area contributed by atoms with Crippen molar-refractivity contribution >= 4 is 23.8 Å². The van der Waals surface area contributed by atoms with Crippen LogP contribution < -0.4 is 20.1 Å². The molecule has 0 unspecified atom stereocenters. The Morgan fingerprint density at radius 1 is 1.18 bits per heavy atom. The summed E-state index contributed by atoms with van der Waals surface area (Å²) in [5.74, 6) is 0.0133. The molecule has 1 aromatic rings. The number of fused-ring (bicyclic) bond motifs is 1. The van der Waals surface area contributed by atoms with Crippen molar-refractivity contribution in [2.24, 2.45) is 11.3 Å². The minimum absolute atomic E-state index is 0.139. The number of urea groups is 1. The second-order valence-electron chi connectivity index (χ2n) is 10.2. The van der Waals surface area contributed by atoms with Crippen LogP contribution in [0.25, 0.3) is 0 Å². The zero-order chi connectivity index (χ0) is 24.5. The van der Waals surface area contributed by atoms with Crippen molar-refractivity contribution in [2.45, 2.75) is 58.5 Å². The van der Waals surface area contributed by atoms with E-state index >= 15 is 0 Å². The van der Waals surface area contributed by atoms with E-state index < -0.39 is 42.5 Å². The molecule has 1 spiro atoms. The van der Waals surface area contributed by atoms with Gasteiger partial charge in [-0.05, 0) is 54.7 Å². The third kappa shape index (κ3) is 4.95. The molecule has 1 saturated heterocycles. The molecule has 184 valence electrons. The molecule has 2 aliphatic heterocycles. The maximum atomic E-state index is 13.0. The van der Waals surface area contributed by atoms with Crippen molar-refractivity contribution in [2.75, 3.05) is 19.9 Å². The van der Waals surface area contributed by atoms with E-state index in [4.69, 9.17) is 14.2 Å². The summed E-state index contributed by atoms with van der Waals surface area (Å²) >= 11 is 0. The largest absolute Gasteiger partial charge is 0.454 e. The van der Waals surface area contributed by atoms with E-state index in [9.17, 15) is 19.2 Å². The fourth-order valence-corrected chi connectivity index (χ4v) is 4.76. The van der Waals surface area contributed by atoms with Crippen molar-refractivity contribution in [1.29, 1.82) is 0 Å². The van der Waals surface area contributed by atoms with E-state index in [-0.39, 0.29) is 18.8 Å². The summed E-state index contributed by atoms with van der Waals surface area (Å²) in [6.45, 7) is 5.89. The SMILES string of the molecule is CC(C)(C)C1CCC2(CC1)NC(=O)N(CC(=O)OCC(=O)NCc1ccc3c(c1)OCO3)C2=O. The first kappa shape index (κ1) is 23.8. The number of nitrogens with one attached hydrogen (secondary N) is 2. The summed E-state index contributed by atoms with van der Waals surface area (Å²) in [7, 11) is 0. The number of hydrogen-bond donors (Lipinski definition) is 2. The molecule has 4 amide bonds. The highest BCUT2D eigenvalue weighted by Crippen LogP contribution is 2.43. The highest BCUT2D eigenvalue weighted by Gasteiger charge is 2.53. The number of benzene rings is 1. The molecule has 4 rings (SSSR count). The average Bonchev–Trinajstić information content (AvgIpc) is 3.34. The number of rotatable bonds is 6. The number of carbonyl (C=O) groups excluding carboxylic acids is 4. The summed E-state index contributed by atoms with van der Waals surface area (Å²) in [6.07, 6.45) is 2.76. The number of ether oxygens (including phenoxy) is 3. The van der Waals surface area contributed by atoms with Gasteiger partial charge in [-0.25, -0.2) is 4.79 Å². The highest BCUT2D eigenvalue weighted by molar-refractivity contribution is 6.08. The van der Waals surface area contributed by atoms with Gasteiger partial charge in [0.25, 0.3) is 11.8 Å². The maximum absolute atomic E-state index is 13.0. The topological polar surface area (TPSA) is 123 Å². The van der Waals surface area contributed by atoms with E-state index in [1.165, 1.54) is 0 Å². The molecule has 10 nitrogen and oxygen atoms in total. The summed E-state index contributed by atoms with van der Waals surface area (Å²) in [4.78, 5) is 50.6. The van der Waals surface area contributed by atoms with Crippen LogP contribution in [0.5, 0.6) is 11.5 Å². The van der Waals surface area contributed by atoms with E-state index in [0.29, 0.717) is 30.3 Å². The van der Waals surface area contributed by atoms with Gasteiger partial charge < -0.3 is 24.8 Å². The minimum atomic E-state index is -0.943. The molecule has 0 aromatic heterocycles. The molecule has 1 aliphatic carbocycles. The second-order valence-corrected chi connectivity index (χ2v) is 10.2. The zero-order valence-electron chi connectivity index (χ0n) is 19.8. The molecule has 0 bridgehead atoms. The van der Waals surface area contributed by atoms with Gasteiger partial charge in [0.15, 0.2) is 18.1 Å².